The van der Waals surface area contributed by atoms with Crippen molar-refractivity contribution in [2.24, 2.45) is 0 Å². The predicted molar refractivity (Wildman–Crippen MR) is 111 cm³/mol. The molecular formula is C23H17NO3S. The van der Waals surface area contributed by atoms with Crippen molar-refractivity contribution in [3.63, 3.8) is 0 Å². The third kappa shape index (κ3) is 2.95. The molecule has 4 aromatic rings. The van der Waals surface area contributed by atoms with Crippen LogP contribution in [0.1, 0.15) is 5.56 Å². The highest BCUT2D eigenvalue weighted by Crippen LogP contribution is 2.37. The molecule has 0 saturated carbocycles. The molecule has 0 spiro atoms. The molecule has 0 saturated heterocycles. The minimum absolute atomic E-state index is 0.236. The molecule has 0 unspecified atom stereocenters. The Morgan fingerprint density at radius 3 is 2.18 bits per heavy atom. The van der Waals surface area contributed by atoms with Crippen molar-refractivity contribution in [2.75, 3.05) is 0 Å². The quantitative estimate of drug-likeness (QED) is 0.532. The minimum atomic E-state index is -3.75. The monoisotopic (exact) mass is 387 g/mol. The van der Waals surface area contributed by atoms with E-state index in [1.165, 1.54) is 16.3 Å². The van der Waals surface area contributed by atoms with Gasteiger partial charge >= 0.3 is 10.3 Å². The summed E-state index contributed by atoms with van der Waals surface area (Å²) in [7, 11) is -3.75. The Kier molecular flexibility index (Phi) is 3.93. The van der Waals surface area contributed by atoms with Gasteiger partial charge in [0, 0.05) is 17.7 Å². The number of benzene rings is 4. The number of para-hydroxylation sites is 1. The van der Waals surface area contributed by atoms with E-state index in [4.69, 9.17) is 4.18 Å². The third-order valence-corrected chi connectivity index (χ3v) is 5.91. The molecule has 138 valence electrons. The Balaban J connectivity index is 1.59. The number of nitrogens with one attached hydrogen (secondary N) is 1. The molecular weight excluding hydrogens is 370 g/mol. The summed E-state index contributed by atoms with van der Waals surface area (Å²) in [6.07, 6.45) is 0. The molecule has 1 N–H and O–H groups in total. The molecule has 4 nitrogen and oxygen atoms in total. The van der Waals surface area contributed by atoms with Gasteiger partial charge in [-0.3, -0.25) is 0 Å². The fraction of sp³-hybridized carbons (Fsp3) is 0.0435. The molecule has 5 rings (SSSR count). The first-order valence-corrected chi connectivity index (χ1v) is 10.4. The normalized spacial score (nSPS) is 15.0. The van der Waals surface area contributed by atoms with E-state index >= 15 is 0 Å². The number of fused-ring (bicyclic) bond motifs is 2. The van der Waals surface area contributed by atoms with Gasteiger partial charge in [0.1, 0.15) is 0 Å². The van der Waals surface area contributed by atoms with Gasteiger partial charge in [0.15, 0.2) is 5.75 Å². The maximum atomic E-state index is 11.8. The standard InChI is InChI=1S/C23H17NO3S/c25-28(26)24-15-19-7-4-10-22(23(19)27-28)18-13-11-17(12-14-18)21-9-3-6-16-5-1-2-8-20(16)21/h1-14,24H,15H2. The number of hydrogen-bond acceptors (Lipinski definition) is 3. The summed E-state index contributed by atoms with van der Waals surface area (Å²) in [6.45, 7) is 0.236. The second-order valence-corrected chi connectivity index (χ2v) is 8.12. The van der Waals surface area contributed by atoms with Crippen LogP contribution < -0.4 is 8.91 Å². The summed E-state index contributed by atoms with van der Waals surface area (Å²) < 4.78 is 31.3. The lowest BCUT2D eigenvalue weighted by molar-refractivity contribution is 0.454. The van der Waals surface area contributed by atoms with E-state index in [2.05, 4.69) is 47.2 Å². The molecule has 28 heavy (non-hydrogen) atoms. The highest BCUT2D eigenvalue weighted by Gasteiger charge is 2.24. The maximum absolute atomic E-state index is 11.8. The van der Waals surface area contributed by atoms with Gasteiger partial charge in [0.05, 0.1) is 0 Å². The first-order chi connectivity index (χ1) is 13.6. The van der Waals surface area contributed by atoms with Gasteiger partial charge in [0.2, 0.25) is 0 Å². The van der Waals surface area contributed by atoms with Crippen LogP contribution in [0.2, 0.25) is 0 Å². The van der Waals surface area contributed by atoms with Crippen LogP contribution in [0.25, 0.3) is 33.0 Å². The molecule has 0 bridgehead atoms. The lowest BCUT2D eigenvalue weighted by Crippen LogP contribution is -2.32. The molecule has 0 radical (unpaired) electrons. The number of hydrogen-bond donors (Lipinski definition) is 1. The predicted octanol–water partition coefficient (Wildman–Crippen LogP) is 4.90. The highest BCUT2D eigenvalue weighted by atomic mass is 32.2. The second-order valence-electron chi connectivity index (χ2n) is 6.76. The Labute approximate surface area is 163 Å². The molecule has 0 amide bonds. The molecule has 5 heteroatoms. The Morgan fingerprint density at radius 1 is 0.714 bits per heavy atom. The van der Waals surface area contributed by atoms with Gasteiger partial charge in [0.25, 0.3) is 0 Å². The Bertz CT molecular complexity index is 1290. The van der Waals surface area contributed by atoms with Crippen LogP contribution in [0, 0.1) is 0 Å². The minimum Gasteiger partial charge on any atom is -0.370 e. The summed E-state index contributed by atoms with van der Waals surface area (Å²) in [4.78, 5) is 0. The summed E-state index contributed by atoms with van der Waals surface area (Å²) in [5.41, 5.74) is 4.79. The van der Waals surface area contributed by atoms with Gasteiger partial charge in [-0.2, -0.15) is 13.1 Å². The lowest BCUT2D eigenvalue weighted by Gasteiger charge is -2.20. The molecule has 1 aliphatic rings. The molecule has 1 aliphatic heterocycles. The van der Waals surface area contributed by atoms with E-state index in [1.54, 1.807) is 0 Å². The van der Waals surface area contributed by atoms with Crippen molar-refractivity contribution < 1.29 is 12.6 Å². The van der Waals surface area contributed by atoms with Crippen LogP contribution in [0.15, 0.2) is 84.9 Å². The van der Waals surface area contributed by atoms with Crippen LogP contribution >= 0.6 is 0 Å². The van der Waals surface area contributed by atoms with E-state index in [1.807, 2.05) is 42.5 Å². The first kappa shape index (κ1) is 17.0. The average molecular weight is 387 g/mol. The van der Waals surface area contributed by atoms with Crippen LogP contribution in [0.5, 0.6) is 5.75 Å². The van der Waals surface area contributed by atoms with Crippen LogP contribution in [0.4, 0.5) is 0 Å². The average Bonchev–Trinajstić information content (AvgIpc) is 2.72. The van der Waals surface area contributed by atoms with E-state index in [0.717, 1.165) is 22.3 Å². The molecule has 1 heterocycles. The molecule has 4 aromatic carbocycles. The summed E-state index contributed by atoms with van der Waals surface area (Å²) in [6, 6.07) is 28.4. The van der Waals surface area contributed by atoms with Crippen molar-refractivity contribution >= 4 is 21.1 Å². The first-order valence-electron chi connectivity index (χ1n) is 9.00. The summed E-state index contributed by atoms with van der Waals surface area (Å²) in [5.74, 6) is 0.402. The van der Waals surface area contributed by atoms with Crippen molar-refractivity contribution in [3.05, 3.63) is 90.5 Å². The molecule has 0 aliphatic carbocycles. The van der Waals surface area contributed by atoms with Crippen molar-refractivity contribution in [2.45, 2.75) is 6.54 Å². The van der Waals surface area contributed by atoms with E-state index < -0.39 is 10.3 Å². The van der Waals surface area contributed by atoms with Crippen molar-refractivity contribution in [1.29, 1.82) is 0 Å². The number of rotatable bonds is 2. The van der Waals surface area contributed by atoms with Crippen LogP contribution in [0.3, 0.4) is 0 Å². The van der Waals surface area contributed by atoms with E-state index in [9.17, 15) is 8.42 Å². The fourth-order valence-corrected chi connectivity index (χ4v) is 4.47. The van der Waals surface area contributed by atoms with Crippen LogP contribution in [-0.4, -0.2) is 8.42 Å². The lowest BCUT2D eigenvalue weighted by atomic mass is 9.95. The van der Waals surface area contributed by atoms with Gasteiger partial charge in [-0.1, -0.05) is 84.9 Å². The third-order valence-electron chi connectivity index (χ3n) is 5.03. The largest absolute Gasteiger partial charge is 0.382 e. The second kappa shape index (κ2) is 6.48. The zero-order valence-electron chi connectivity index (χ0n) is 14.9. The zero-order chi connectivity index (χ0) is 19.1. The molecule has 0 aromatic heterocycles. The highest BCUT2D eigenvalue weighted by molar-refractivity contribution is 7.85. The van der Waals surface area contributed by atoms with Gasteiger partial charge < -0.3 is 4.18 Å². The van der Waals surface area contributed by atoms with E-state index in [-0.39, 0.29) is 6.54 Å². The summed E-state index contributed by atoms with van der Waals surface area (Å²) in [5, 5.41) is 2.41. The van der Waals surface area contributed by atoms with Gasteiger partial charge in [-0.15, -0.1) is 0 Å². The molecule has 0 atom stereocenters. The van der Waals surface area contributed by atoms with Crippen LogP contribution in [-0.2, 0) is 16.8 Å². The van der Waals surface area contributed by atoms with Gasteiger partial charge in [-0.05, 0) is 27.5 Å². The maximum Gasteiger partial charge on any atom is 0.382 e. The fourth-order valence-electron chi connectivity index (χ4n) is 3.66. The molecule has 0 fully saturated rings. The topological polar surface area (TPSA) is 55.4 Å². The SMILES string of the molecule is O=S1(=O)NCc2cccc(-c3ccc(-c4cccc5ccccc45)cc3)c2O1. The Morgan fingerprint density at radius 2 is 1.36 bits per heavy atom. The summed E-state index contributed by atoms with van der Waals surface area (Å²) >= 11 is 0. The smallest absolute Gasteiger partial charge is 0.370 e. The van der Waals surface area contributed by atoms with E-state index in [0.29, 0.717) is 5.75 Å². The zero-order valence-corrected chi connectivity index (χ0v) is 15.7. The van der Waals surface area contributed by atoms with Crippen molar-refractivity contribution in [1.82, 2.24) is 4.72 Å². The van der Waals surface area contributed by atoms with Gasteiger partial charge in [-0.25, -0.2) is 0 Å². The Hall–Kier alpha value is -3.15. The van der Waals surface area contributed by atoms with Crippen molar-refractivity contribution in [3.8, 4) is 28.0 Å².